The molecule has 0 saturated carbocycles. The van der Waals surface area contributed by atoms with Crippen LogP contribution in [-0.4, -0.2) is 7.38 Å². The van der Waals surface area contributed by atoms with Gasteiger partial charge in [-0.2, -0.15) is 23.2 Å². The van der Waals surface area contributed by atoms with Gasteiger partial charge in [0.15, 0.2) is 0 Å². The molecule has 0 heterocycles. The van der Waals surface area contributed by atoms with Crippen molar-refractivity contribution >= 4 is 18.5 Å². The molecule has 0 N–H and O–H groups in total. The van der Waals surface area contributed by atoms with E-state index in [0.717, 1.165) is 18.9 Å². The van der Waals surface area contributed by atoms with Crippen LogP contribution in [0.25, 0.3) is 0 Å². The van der Waals surface area contributed by atoms with E-state index in [4.69, 9.17) is 11.1 Å². The van der Waals surface area contributed by atoms with Crippen LogP contribution in [-0.2, 0) is 21.7 Å². The van der Waals surface area contributed by atoms with Crippen LogP contribution < -0.4 is 24.8 Å². The van der Waals surface area contributed by atoms with Gasteiger partial charge in [-0.1, -0.05) is 6.92 Å². The molecule has 90 valence electrons. The Balaban J connectivity index is 0. The maximum atomic E-state index is 6.77. The fourth-order valence-corrected chi connectivity index (χ4v) is 5.24. The first kappa shape index (κ1) is 20.1. The van der Waals surface area contributed by atoms with Crippen LogP contribution in [0, 0.1) is 12.2 Å². The van der Waals surface area contributed by atoms with Crippen LogP contribution in [0.4, 0.5) is 0 Å². The third kappa shape index (κ3) is 4.12. The molecule has 0 amide bonds. The first-order valence-corrected chi connectivity index (χ1v) is 8.24. The summed E-state index contributed by atoms with van der Waals surface area (Å²) in [5.41, 5.74) is 0. The zero-order valence-electron chi connectivity index (χ0n) is 9.56. The third-order valence-corrected chi connectivity index (χ3v) is 8.12. The SMILES string of the molecule is CC[Si](Cl)(C1=[C-]CC=C1)C1=[C-]CC=C1.[Cl-].[Cl-].[Ti+4]. The van der Waals surface area contributed by atoms with Crippen LogP contribution in [0.5, 0.6) is 0 Å². The second-order valence-corrected chi connectivity index (χ2v) is 8.87. The van der Waals surface area contributed by atoms with Crippen molar-refractivity contribution in [2.24, 2.45) is 0 Å². The maximum Gasteiger partial charge on any atom is 4.00 e. The van der Waals surface area contributed by atoms with Gasteiger partial charge in [0.1, 0.15) is 7.38 Å². The predicted molar refractivity (Wildman–Crippen MR) is 63.1 cm³/mol. The molecule has 0 spiro atoms. The van der Waals surface area contributed by atoms with Gasteiger partial charge >= 0.3 is 21.7 Å². The van der Waals surface area contributed by atoms with E-state index < -0.39 is 7.38 Å². The van der Waals surface area contributed by atoms with Gasteiger partial charge < -0.3 is 24.8 Å². The summed E-state index contributed by atoms with van der Waals surface area (Å²) in [6, 6.07) is 1.02. The van der Waals surface area contributed by atoms with Crippen LogP contribution >= 0.6 is 11.1 Å². The Morgan fingerprint density at radius 2 is 1.53 bits per heavy atom. The van der Waals surface area contributed by atoms with Gasteiger partial charge in [0.05, 0.1) is 0 Å². The molecule has 0 aromatic heterocycles. The molecule has 0 aromatic rings. The second-order valence-electron chi connectivity index (χ2n) is 3.55. The van der Waals surface area contributed by atoms with Crippen molar-refractivity contribution < 1.29 is 46.5 Å². The van der Waals surface area contributed by atoms with Gasteiger partial charge in [-0.05, 0) is 6.04 Å². The molecule has 17 heavy (non-hydrogen) atoms. The maximum absolute atomic E-state index is 6.77. The minimum Gasteiger partial charge on any atom is -1.00 e. The van der Waals surface area contributed by atoms with E-state index in [2.05, 4.69) is 43.4 Å². The molecule has 2 aliphatic carbocycles. The predicted octanol–water partition coefficient (Wildman–Crippen LogP) is -2.35. The van der Waals surface area contributed by atoms with Gasteiger partial charge in [0, 0.05) is 0 Å². The summed E-state index contributed by atoms with van der Waals surface area (Å²) in [6.07, 6.45) is 17.1. The molecule has 0 aliphatic heterocycles. The summed E-state index contributed by atoms with van der Waals surface area (Å²) in [6.45, 7) is 2.17. The summed E-state index contributed by atoms with van der Waals surface area (Å²) < 4.78 is 0. The Bertz CT molecular complexity index is 329. The van der Waals surface area contributed by atoms with E-state index in [1.54, 1.807) is 0 Å². The number of hydrogen-bond donors (Lipinski definition) is 0. The largest absolute Gasteiger partial charge is 4.00 e. The number of hydrogen-bond acceptors (Lipinski definition) is 0. The molecular weight excluding hydrogens is 326 g/mol. The molecule has 0 fully saturated rings. The van der Waals surface area contributed by atoms with E-state index in [1.807, 2.05) is 0 Å². The Hall–Kier alpha value is 0.761. The van der Waals surface area contributed by atoms with Crippen molar-refractivity contribution in [1.29, 1.82) is 0 Å². The third-order valence-electron chi connectivity index (χ3n) is 2.73. The monoisotopic (exact) mass is 338 g/mol. The van der Waals surface area contributed by atoms with E-state index in [1.165, 1.54) is 10.4 Å². The minimum atomic E-state index is -1.95. The Kier molecular flexibility index (Phi) is 10.4. The van der Waals surface area contributed by atoms with Crippen molar-refractivity contribution in [1.82, 2.24) is 0 Å². The Labute approximate surface area is 137 Å². The van der Waals surface area contributed by atoms with Crippen molar-refractivity contribution in [3.63, 3.8) is 0 Å². The fraction of sp³-hybridized carbons (Fsp3) is 0.333. The molecule has 0 unspecified atom stereocenters. The van der Waals surface area contributed by atoms with Crippen LogP contribution in [0.2, 0.25) is 6.04 Å². The minimum absolute atomic E-state index is 0. The van der Waals surface area contributed by atoms with Crippen molar-refractivity contribution in [3.05, 3.63) is 46.8 Å². The van der Waals surface area contributed by atoms with Crippen LogP contribution in [0.1, 0.15) is 19.8 Å². The summed E-state index contributed by atoms with van der Waals surface area (Å²) in [5, 5.41) is 2.49. The van der Waals surface area contributed by atoms with Crippen molar-refractivity contribution in [3.8, 4) is 0 Å². The standard InChI is InChI=1S/C12H13ClSi.2ClH.Ti/c1-2-14(13,11-7-3-4-8-11)12-9-5-6-10-12;;;/h3,5,7,9H,2,4,6H2,1H3;2*1H;/q-2;;;+4/p-2. The smallest absolute Gasteiger partial charge is 1.00 e. The van der Waals surface area contributed by atoms with Crippen molar-refractivity contribution in [2.45, 2.75) is 25.8 Å². The molecule has 0 radical (unpaired) electrons. The topological polar surface area (TPSA) is 0 Å². The molecule has 0 aromatic carbocycles. The molecule has 0 atom stereocenters. The molecule has 5 heteroatoms. The Morgan fingerprint density at radius 1 is 1.12 bits per heavy atom. The van der Waals surface area contributed by atoms with Gasteiger partial charge in [-0.15, -0.1) is 12.8 Å². The van der Waals surface area contributed by atoms with Gasteiger partial charge in [0.25, 0.3) is 0 Å². The van der Waals surface area contributed by atoms with E-state index in [9.17, 15) is 0 Å². The van der Waals surface area contributed by atoms with E-state index in [0.29, 0.717) is 0 Å². The fourth-order valence-electron chi connectivity index (χ4n) is 1.88. The summed E-state index contributed by atoms with van der Waals surface area (Å²) in [5.74, 6) is 0. The number of rotatable bonds is 3. The van der Waals surface area contributed by atoms with Gasteiger partial charge in [-0.25, -0.2) is 22.5 Å². The average molecular weight is 340 g/mol. The zero-order valence-corrected chi connectivity index (χ0v) is 14.4. The first-order valence-electron chi connectivity index (χ1n) is 5.02. The molecule has 0 bridgehead atoms. The van der Waals surface area contributed by atoms with Crippen LogP contribution in [0.3, 0.4) is 0 Å². The quantitative estimate of drug-likeness (QED) is 0.307. The second kappa shape index (κ2) is 8.79. The molecule has 0 nitrogen and oxygen atoms in total. The zero-order chi connectivity index (χ0) is 10.0. The molecule has 2 aliphatic rings. The van der Waals surface area contributed by atoms with Crippen LogP contribution in [0.15, 0.2) is 34.7 Å². The Morgan fingerprint density at radius 3 is 1.76 bits per heavy atom. The summed E-state index contributed by atoms with van der Waals surface area (Å²) in [4.78, 5) is 0. The normalized spacial score (nSPS) is 16.6. The molecular formula is C12H13Cl3SiTi. The number of allylic oxidation sites excluding steroid dienone is 8. The number of halogens is 3. The first-order chi connectivity index (χ1) is 6.77. The van der Waals surface area contributed by atoms with E-state index in [-0.39, 0.29) is 46.5 Å². The summed E-state index contributed by atoms with van der Waals surface area (Å²) in [7, 11) is -1.95. The molecule has 2 rings (SSSR count). The van der Waals surface area contributed by atoms with Gasteiger partial charge in [0.2, 0.25) is 0 Å². The average Bonchev–Trinajstić information content (AvgIpc) is 2.88. The summed E-state index contributed by atoms with van der Waals surface area (Å²) >= 11 is 6.77. The van der Waals surface area contributed by atoms with Crippen molar-refractivity contribution in [2.75, 3.05) is 0 Å². The molecule has 0 saturated heterocycles. The van der Waals surface area contributed by atoms with E-state index >= 15 is 0 Å². The van der Waals surface area contributed by atoms with Gasteiger partial charge in [-0.3, -0.25) is 12.2 Å².